The molecule has 0 saturated heterocycles. The third-order valence-electron chi connectivity index (χ3n) is 4.94. The van der Waals surface area contributed by atoms with E-state index in [-0.39, 0.29) is 11.7 Å². The Labute approximate surface area is 132 Å². The lowest BCUT2D eigenvalue weighted by atomic mass is 9.75. The minimum atomic E-state index is -0.178. The van der Waals surface area contributed by atoms with E-state index in [1.807, 2.05) is 12.1 Å². The molecule has 1 heterocycles. The number of nitrogens with zero attached hydrogens (tertiary/aromatic N) is 2. The van der Waals surface area contributed by atoms with E-state index in [0.29, 0.717) is 11.8 Å². The van der Waals surface area contributed by atoms with Crippen molar-refractivity contribution >= 4 is 11.4 Å². The van der Waals surface area contributed by atoms with Crippen molar-refractivity contribution in [3.63, 3.8) is 0 Å². The van der Waals surface area contributed by atoms with E-state index in [9.17, 15) is 4.39 Å². The van der Waals surface area contributed by atoms with Crippen LogP contribution in [0.3, 0.4) is 0 Å². The molecule has 0 N–H and O–H groups in total. The molecule has 0 bridgehead atoms. The van der Waals surface area contributed by atoms with E-state index < -0.39 is 0 Å². The number of fused-ring (bicyclic) bond motifs is 1. The predicted molar refractivity (Wildman–Crippen MR) is 90.0 cm³/mol. The van der Waals surface area contributed by atoms with Gasteiger partial charge in [0.2, 0.25) is 0 Å². The molecule has 3 heteroatoms. The van der Waals surface area contributed by atoms with Crippen molar-refractivity contribution in [2.24, 2.45) is 22.0 Å². The lowest BCUT2D eigenvalue weighted by Gasteiger charge is -2.27. The van der Waals surface area contributed by atoms with Gasteiger partial charge in [-0.05, 0) is 42.9 Å². The third kappa shape index (κ3) is 3.13. The fourth-order valence-electron chi connectivity index (χ4n) is 3.83. The van der Waals surface area contributed by atoms with Gasteiger partial charge in [-0.15, -0.1) is 0 Å². The summed E-state index contributed by atoms with van der Waals surface area (Å²) < 4.78 is 13.2. The number of halogens is 1. The van der Waals surface area contributed by atoms with Crippen LogP contribution in [0.1, 0.15) is 63.9 Å². The molecule has 1 aromatic carbocycles. The monoisotopic (exact) mass is 300 g/mol. The molecule has 118 valence electrons. The molecule has 1 aromatic rings. The Balaban J connectivity index is 1.87. The summed E-state index contributed by atoms with van der Waals surface area (Å²) in [6.07, 6.45) is 7.39. The zero-order valence-electron chi connectivity index (χ0n) is 13.6. The van der Waals surface area contributed by atoms with Gasteiger partial charge in [0.25, 0.3) is 0 Å². The molecule has 2 nitrogen and oxygen atoms in total. The van der Waals surface area contributed by atoms with Gasteiger partial charge in [0.15, 0.2) is 0 Å². The van der Waals surface area contributed by atoms with Crippen molar-refractivity contribution in [1.29, 1.82) is 0 Å². The molecule has 0 radical (unpaired) electrons. The molecule has 3 rings (SSSR count). The van der Waals surface area contributed by atoms with Crippen LogP contribution in [0.4, 0.5) is 4.39 Å². The highest BCUT2D eigenvalue weighted by atomic mass is 19.1. The van der Waals surface area contributed by atoms with Crippen LogP contribution in [0.25, 0.3) is 0 Å². The Hall–Kier alpha value is -1.51. The second-order valence-corrected chi connectivity index (χ2v) is 6.89. The molecule has 1 fully saturated rings. The van der Waals surface area contributed by atoms with Gasteiger partial charge < -0.3 is 0 Å². The Kier molecular flexibility index (Phi) is 4.70. The Bertz CT molecular complexity index is 572. The average molecular weight is 300 g/mol. The molecule has 0 amide bonds. The van der Waals surface area contributed by atoms with Crippen molar-refractivity contribution in [2.75, 3.05) is 0 Å². The Morgan fingerprint density at radius 2 is 1.73 bits per heavy atom. The largest absolute Gasteiger partial charge is 0.207 e. The highest BCUT2D eigenvalue weighted by Gasteiger charge is 2.34. The Morgan fingerprint density at radius 3 is 2.45 bits per heavy atom. The van der Waals surface area contributed by atoms with Crippen LogP contribution >= 0.6 is 0 Å². The van der Waals surface area contributed by atoms with Gasteiger partial charge in [-0.2, -0.15) is 10.2 Å². The molecule has 2 aliphatic rings. The molecule has 0 aromatic heterocycles. The first-order valence-corrected chi connectivity index (χ1v) is 8.56. The smallest absolute Gasteiger partial charge is 0.123 e. The molecule has 2 unspecified atom stereocenters. The summed E-state index contributed by atoms with van der Waals surface area (Å²) in [6, 6.07) is 6.92. The minimum Gasteiger partial charge on any atom is -0.207 e. The van der Waals surface area contributed by atoms with Crippen LogP contribution < -0.4 is 0 Å². The lowest BCUT2D eigenvalue weighted by molar-refractivity contribution is 0.549. The quantitative estimate of drug-likeness (QED) is 0.719. The minimum absolute atomic E-state index is 0.178. The highest BCUT2D eigenvalue weighted by Crippen LogP contribution is 2.36. The van der Waals surface area contributed by atoms with Crippen LogP contribution in [-0.4, -0.2) is 11.4 Å². The van der Waals surface area contributed by atoms with Crippen molar-refractivity contribution in [3.8, 4) is 0 Å². The maximum absolute atomic E-state index is 13.2. The van der Waals surface area contributed by atoms with Gasteiger partial charge in [0.05, 0.1) is 5.71 Å². The normalized spacial score (nSPS) is 23.4. The van der Waals surface area contributed by atoms with E-state index in [2.05, 4.69) is 24.1 Å². The number of benzene rings is 1. The molecule has 1 aliphatic carbocycles. The molecule has 1 saturated carbocycles. The first kappa shape index (κ1) is 15.4. The van der Waals surface area contributed by atoms with Crippen LogP contribution in [0.5, 0.6) is 0 Å². The van der Waals surface area contributed by atoms with Crippen molar-refractivity contribution in [3.05, 3.63) is 35.6 Å². The summed E-state index contributed by atoms with van der Waals surface area (Å²) in [5, 5.41) is 9.11. The van der Waals surface area contributed by atoms with Gasteiger partial charge in [0, 0.05) is 17.5 Å². The first-order valence-electron chi connectivity index (χ1n) is 8.56. The zero-order chi connectivity index (χ0) is 15.5. The van der Waals surface area contributed by atoms with E-state index in [0.717, 1.165) is 12.0 Å². The molecule has 22 heavy (non-hydrogen) atoms. The summed E-state index contributed by atoms with van der Waals surface area (Å²) in [7, 11) is 0. The van der Waals surface area contributed by atoms with Crippen LogP contribution in [-0.2, 0) is 0 Å². The molecular weight excluding hydrogens is 275 g/mol. The van der Waals surface area contributed by atoms with Crippen molar-refractivity contribution in [1.82, 2.24) is 0 Å². The van der Waals surface area contributed by atoms with E-state index in [1.165, 1.54) is 43.5 Å². The summed E-state index contributed by atoms with van der Waals surface area (Å²) >= 11 is 0. The van der Waals surface area contributed by atoms with E-state index in [4.69, 9.17) is 0 Å². The molecular formula is C19H25FN2. The third-order valence-corrected chi connectivity index (χ3v) is 4.94. The Morgan fingerprint density at radius 1 is 1.00 bits per heavy atom. The van der Waals surface area contributed by atoms with E-state index >= 15 is 0 Å². The fourth-order valence-corrected chi connectivity index (χ4v) is 3.83. The number of rotatable bonds is 3. The lowest BCUT2D eigenvalue weighted by Crippen LogP contribution is -2.29. The highest BCUT2D eigenvalue weighted by molar-refractivity contribution is 6.12. The average Bonchev–Trinajstić information content (AvgIpc) is 2.82. The molecule has 0 spiro atoms. The van der Waals surface area contributed by atoms with Crippen molar-refractivity contribution in [2.45, 2.75) is 58.3 Å². The van der Waals surface area contributed by atoms with Gasteiger partial charge in [-0.25, -0.2) is 4.39 Å². The first-order chi connectivity index (χ1) is 10.7. The molecule has 1 aliphatic heterocycles. The zero-order valence-corrected chi connectivity index (χ0v) is 13.6. The second-order valence-electron chi connectivity index (χ2n) is 6.89. The van der Waals surface area contributed by atoms with E-state index in [1.54, 1.807) is 12.1 Å². The standard InChI is InChI=1S/C19H25FN2/c1-13(2)18(14-9-11-15(20)12-10-14)19-16-7-5-3-4-6-8-17(16)21-22-19/h9-13,16,18H,3-8H2,1-2H3. The maximum atomic E-state index is 13.2. The van der Waals surface area contributed by atoms with Crippen LogP contribution in [0, 0.1) is 17.7 Å². The van der Waals surface area contributed by atoms with Gasteiger partial charge >= 0.3 is 0 Å². The summed E-state index contributed by atoms with van der Waals surface area (Å²) in [6.45, 7) is 4.44. The fraction of sp³-hybridized carbons (Fsp3) is 0.579. The SMILES string of the molecule is CC(C)C(C1=NN=C2CCCCCCC21)c1ccc(F)cc1. The summed E-state index contributed by atoms with van der Waals surface area (Å²) in [4.78, 5) is 0. The maximum Gasteiger partial charge on any atom is 0.123 e. The van der Waals surface area contributed by atoms with Crippen molar-refractivity contribution < 1.29 is 4.39 Å². The summed E-state index contributed by atoms with van der Waals surface area (Å²) in [5.74, 6) is 0.913. The van der Waals surface area contributed by atoms with Gasteiger partial charge in [-0.3, -0.25) is 0 Å². The predicted octanol–water partition coefficient (Wildman–Crippen LogP) is 5.35. The van der Waals surface area contributed by atoms with Gasteiger partial charge in [0.1, 0.15) is 5.82 Å². The topological polar surface area (TPSA) is 24.7 Å². The second kappa shape index (κ2) is 6.72. The number of hydrogen-bond donors (Lipinski definition) is 0. The van der Waals surface area contributed by atoms with Gasteiger partial charge in [-0.1, -0.05) is 45.2 Å². The summed E-state index contributed by atoms with van der Waals surface area (Å²) in [5.41, 5.74) is 3.65. The number of hydrogen-bond acceptors (Lipinski definition) is 2. The molecule has 2 atom stereocenters. The van der Waals surface area contributed by atoms with Crippen LogP contribution in [0.2, 0.25) is 0 Å². The van der Waals surface area contributed by atoms with Crippen LogP contribution in [0.15, 0.2) is 34.5 Å².